The number of nitrogens with one attached hydrogen (secondary N) is 2. The van der Waals surface area contributed by atoms with E-state index in [1.54, 1.807) is 6.07 Å². The van der Waals surface area contributed by atoms with E-state index >= 15 is 0 Å². The maximum atomic E-state index is 12.1. The number of rotatable bonds is 9. The normalized spacial score (nSPS) is 15.4. The standard InChI is InChI=1S/C17H25N3O3S/c18-16(22)11-24-15-7-2-1-6-14(15)20-17(23)19-9-13(10-21)8-12-4-3-5-12/h1-2,6-7,12-13,21H,3-5,8-11H2,(H2,18,22)(H2,19,20,23). The van der Waals surface area contributed by atoms with Gasteiger partial charge < -0.3 is 21.5 Å². The summed E-state index contributed by atoms with van der Waals surface area (Å²) in [4.78, 5) is 23.8. The third kappa shape index (κ3) is 6.05. The van der Waals surface area contributed by atoms with Crippen LogP contribution < -0.4 is 16.4 Å². The highest BCUT2D eigenvalue weighted by molar-refractivity contribution is 8.00. The minimum Gasteiger partial charge on any atom is -0.396 e. The second-order valence-corrected chi connectivity index (χ2v) is 7.18. The summed E-state index contributed by atoms with van der Waals surface area (Å²) in [6, 6.07) is 6.95. The van der Waals surface area contributed by atoms with Gasteiger partial charge in [-0.3, -0.25) is 4.79 Å². The fourth-order valence-corrected chi connectivity index (χ4v) is 3.42. The number of aliphatic hydroxyl groups excluding tert-OH is 1. The van der Waals surface area contributed by atoms with Gasteiger partial charge in [0, 0.05) is 18.0 Å². The number of aliphatic hydroxyl groups is 1. The van der Waals surface area contributed by atoms with Crippen molar-refractivity contribution < 1.29 is 14.7 Å². The van der Waals surface area contributed by atoms with Crippen LogP contribution in [0.5, 0.6) is 0 Å². The third-order valence-corrected chi connectivity index (χ3v) is 5.30. The van der Waals surface area contributed by atoms with Crippen LogP contribution >= 0.6 is 11.8 Å². The number of urea groups is 1. The molecule has 3 amide bonds. The van der Waals surface area contributed by atoms with Crippen LogP contribution in [0.15, 0.2) is 29.2 Å². The number of carbonyl (C=O) groups is 2. The molecule has 0 bridgehead atoms. The van der Waals surface area contributed by atoms with Gasteiger partial charge in [0.25, 0.3) is 0 Å². The van der Waals surface area contributed by atoms with Gasteiger partial charge in [-0.05, 0) is 30.4 Å². The Labute approximate surface area is 146 Å². The highest BCUT2D eigenvalue weighted by Crippen LogP contribution is 2.32. The second-order valence-electron chi connectivity index (χ2n) is 6.17. The van der Waals surface area contributed by atoms with E-state index in [0.29, 0.717) is 18.2 Å². The highest BCUT2D eigenvalue weighted by Gasteiger charge is 2.22. The molecule has 1 aromatic carbocycles. The predicted octanol–water partition coefficient (Wildman–Crippen LogP) is 2.18. The summed E-state index contributed by atoms with van der Waals surface area (Å²) in [5.74, 6) is 0.549. The average Bonchev–Trinajstić information content (AvgIpc) is 2.52. The van der Waals surface area contributed by atoms with Gasteiger partial charge in [0.2, 0.25) is 5.91 Å². The fraction of sp³-hybridized carbons (Fsp3) is 0.529. The molecular formula is C17H25N3O3S. The van der Waals surface area contributed by atoms with E-state index < -0.39 is 5.91 Å². The van der Waals surface area contributed by atoms with Crippen molar-refractivity contribution in [3.8, 4) is 0 Å². The molecule has 0 aliphatic heterocycles. The lowest BCUT2D eigenvalue weighted by molar-refractivity contribution is -0.115. The summed E-state index contributed by atoms with van der Waals surface area (Å²) >= 11 is 1.29. The molecular weight excluding hydrogens is 326 g/mol. The highest BCUT2D eigenvalue weighted by atomic mass is 32.2. The summed E-state index contributed by atoms with van der Waals surface area (Å²) in [6.45, 7) is 0.539. The molecule has 7 heteroatoms. The van der Waals surface area contributed by atoms with Gasteiger partial charge in [-0.1, -0.05) is 31.4 Å². The second kappa shape index (κ2) is 9.54. The molecule has 1 unspecified atom stereocenters. The van der Waals surface area contributed by atoms with E-state index in [4.69, 9.17) is 5.73 Å². The van der Waals surface area contributed by atoms with E-state index in [0.717, 1.165) is 11.3 Å². The number of carbonyl (C=O) groups excluding carboxylic acids is 2. The zero-order chi connectivity index (χ0) is 17.4. The maximum absolute atomic E-state index is 12.1. The van der Waals surface area contributed by atoms with E-state index in [9.17, 15) is 14.7 Å². The molecule has 1 atom stereocenters. The van der Waals surface area contributed by atoms with Crippen molar-refractivity contribution in [1.82, 2.24) is 5.32 Å². The van der Waals surface area contributed by atoms with Crippen LogP contribution in [0.4, 0.5) is 10.5 Å². The number of primary amides is 1. The first-order valence-corrected chi connectivity index (χ1v) is 9.23. The van der Waals surface area contributed by atoms with Crippen LogP contribution in [-0.4, -0.2) is 35.9 Å². The number of thioether (sulfide) groups is 1. The Morgan fingerprint density at radius 2 is 2.08 bits per heavy atom. The Morgan fingerprint density at radius 3 is 2.71 bits per heavy atom. The first-order valence-electron chi connectivity index (χ1n) is 8.24. The minimum absolute atomic E-state index is 0.0851. The summed E-state index contributed by atoms with van der Waals surface area (Å²) in [7, 11) is 0. The number of amides is 3. The van der Waals surface area contributed by atoms with Crippen molar-refractivity contribution in [3.63, 3.8) is 0 Å². The molecule has 5 N–H and O–H groups in total. The monoisotopic (exact) mass is 351 g/mol. The molecule has 1 aliphatic rings. The smallest absolute Gasteiger partial charge is 0.319 e. The Bertz CT molecular complexity index is 564. The van der Waals surface area contributed by atoms with E-state index in [2.05, 4.69) is 10.6 Å². The number of nitrogens with two attached hydrogens (primary N) is 1. The number of anilines is 1. The topological polar surface area (TPSA) is 104 Å². The largest absolute Gasteiger partial charge is 0.396 e. The molecule has 1 aromatic rings. The van der Waals surface area contributed by atoms with E-state index in [-0.39, 0.29) is 24.3 Å². The van der Waals surface area contributed by atoms with Crippen molar-refractivity contribution in [2.75, 3.05) is 24.2 Å². The van der Waals surface area contributed by atoms with Crippen molar-refractivity contribution in [2.45, 2.75) is 30.6 Å². The van der Waals surface area contributed by atoms with Crippen LogP contribution in [0.3, 0.4) is 0 Å². The molecule has 0 heterocycles. The molecule has 24 heavy (non-hydrogen) atoms. The summed E-state index contributed by atoms with van der Waals surface area (Å²) in [5.41, 5.74) is 5.80. The Morgan fingerprint density at radius 1 is 1.33 bits per heavy atom. The van der Waals surface area contributed by atoms with Crippen LogP contribution in [0.1, 0.15) is 25.7 Å². The maximum Gasteiger partial charge on any atom is 0.319 e. The molecule has 0 saturated heterocycles. The minimum atomic E-state index is -0.402. The number of benzene rings is 1. The van der Waals surface area contributed by atoms with Gasteiger partial charge in [0.1, 0.15) is 0 Å². The van der Waals surface area contributed by atoms with Crippen molar-refractivity contribution >= 4 is 29.4 Å². The molecule has 6 nitrogen and oxygen atoms in total. The molecule has 1 aliphatic carbocycles. The van der Waals surface area contributed by atoms with Gasteiger partial charge in [0.15, 0.2) is 0 Å². The first kappa shape index (κ1) is 18.6. The van der Waals surface area contributed by atoms with E-state index in [1.165, 1.54) is 31.0 Å². The molecule has 0 radical (unpaired) electrons. The molecule has 2 rings (SSSR count). The lowest BCUT2D eigenvalue weighted by Crippen LogP contribution is -2.35. The van der Waals surface area contributed by atoms with Gasteiger partial charge in [-0.25, -0.2) is 4.79 Å². The third-order valence-electron chi connectivity index (χ3n) is 4.21. The van der Waals surface area contributed by atoms with Crippen molar-refractivity contribution in [2.24, 2.45) is 17.6 Å². The molecule has 0 aromatic heterocycles. The van der Waals surface area contributed by atoms with Crippen LogP contribution in [0.2, 0.25) is 0 Å². The average molecular weight is 351 g/mol. The molecule has 0 spiro atoms. The summed E-state index contributed by atoms with van der Waals surface area (Å²) < 4.78 is 0. The number of hydrogen-bond donors (Lipinski definition) is 4. The SMILES string of the molecule is NC(=O)CSc1ccccc1NC(=O)NCC(CO)CC1CCC1. The summed E-state index contributed by atoms with van der Waals surface area (Å²) in [6.07, 6.45) is 4.69. The van der Waals surface area contributed by atoms with Gasteiger partial charge in [-0.15, -0.1) is 11.8 Å². The Hall–Kier alpha value is -1.73. The summed E-state index contributed by atoms with van der Waals surface area (Å²) in [5, 5.41) is 15.1. The first-order chi connectivity index (χ1) is 11.6. The molecule has 132 valence electrons. The quantitative estimate of drug-likeness (QED) is 0.512. The van der Waals surface area contributed by atoms with E-state index in [1.807, 2.05) is 18.2 Å². The number of para-hydroxylation sites is 1. The Balaban J connectivity index is 1.81. The fourth-order valence-electron chi connectivity index (χ4n) is 2.67. The Kier molecular flexibility index (Phi) is 7.39. The molecule has 1 saturated carbocycles. The van der Waals surface area contributed by atoms with Gasteiger partial charge in [0.05, 0.1) is 11.4 Å². The van der Waals surface area contributed by atoms with Crippen molar-refractivity contribution in [1.29, 1.82) is 0 Å². The van der Waals surface area contributed by atoms with Crippen LogP contribution in [0.25, 0.3) is 0 Å². The molecule has 1 fully saturated rings. The van der Waals surface area contributed by atoms with Crippen molar-refractivity contribution in [3.05, 3.63) is 24.3 Å². The predicted molar refractivity (Wildman–Crippen MR) is 95.9 cm³/mol. The van der Waals surface area contributed by atoms with Crippen LogP contribution in [-0.2, 0) is 4.79 Å². The number of hydrogen-bond acceptors (Lipinski definition) is 4. The van der Waals surface area contributed by atoms with Crippen LogP contribution in [0, 0.1) is 11.8 Å². The van der Waals surface area contributed by atoms with Gasteiger partial charge in [-0.2, -0.15) is 0 Å². The zero-order valence-corrected chi connectivity index (χ0v) is 14.5. The lowest BCUT2D eigenvalue weighted by Gasteiger charge is -2.29. The lowest BCUT2D eigenvalue weighted by atomic mass is 9.79. The zero-order valence-electron chi connectivity index (χ0n) is 13.7. The van der Waals surface area contributed by atoms with Gasteiger partial charge >= 0.3 is 6.03 Å².